The summed E-state index contributed by atoms with van der Waals surface area (Å²) in [7, 11) is 0. The summed E-state index contributed by atoms with van der Waals surface area (Å²) in [6.45, 7) is 7.81. The zero-order valence-corrected chi connectivity index (χ0v) is 20.0. The molecule has 1 N–H and O–H groups in total. The fraction of sp³-hybridized carbons (Fsp3) is 0.333. The number of amidine groups is 2. The molecule has 166 valence electrons. The highest BCUT2D eigenvalue weighted by Gasteiger charge is 2.43. The van der Waals surface area contributed by atoms with E-state index in [9.17, 15) is 9.59 Å². The predicted octanol–water partition coefficient (Wildman–Crippen LogP) is 5.41. The summed E-state index contributed by atoms with van der Waals surface area (Å²) in [5.41, 5.74) is 3.17. The van der Waals surface area contributed by atoms with Gasteiger partial charge < -0.3 is 5.32 Å². The first-order valence-corrected chi connectivity index (χ1v) is 11.9. The number of para-hydroxylation sites is 1. The molecule has 0 aliphatic carbocycles. The minimum absolute atomic E-state index is 0.0653. The summed E-state index contributed by atoms with van der Waals surface area (Å²) in [5, 5.41) is 3.58. The van der Waals surface area contributed by atoms with Crippen LogP contribution in [0, 0.1) is 12.8 Å². The van der Waals surface area contributed by atoms with Crippen molar-refractivity contribution in [3.8, 4) is 0 Å². The third kappa shape index (κ3) is 4.19. The Kier molecular flexibility index (Phi) is 6.40. The van der Waals surface area contributed by atoms with Gasteiger partial charge in [0.1, 0.15) is 11.9 Å². The van der Waals surface area contributed by atoms with Crippen molar-refractivity contribution in [1.29, 1.82) is 0 Å². The average molecular weight is 469 g/mol. The highest BCUT2D eigenvalue weighted by atomic mass is 35.5. The molecule has 6 nitrogen and oxygen atoms in total. The molecule has 4 rings (SSSR count). The Hall–Kier alpha value is -2.64. The van der Waals surface area contributed by atoms with Gasteiger partial charge in [-0.3, -0.25) is 14.6 Å². The molecular formula is C24H25ClN4O2S. The molecular weight excluding hydrogens is 444 g/mol. The van der Waals surface area contributed by atoms with Crippen LogP contribution >= 0.6 is 23.4 Å². The maximum absolute atomic E-state index is 13.2. The topological polar surface area (TPSA) is 74.1 Å². The van der Waals surface area contributed by atoms with Crippen molar-refractivity contribution in [2.45, 2.75) is 45.4 Å². The number of amides is 2. The van der Waals surface area contributed by atoms with Crippen molar-refractivity contribution in [3.05, 3.63) is 58.6 Å². The SMILES string of the molecule is CC[C@H](SC1=Nc2ccccc2C2=N[C@H](C(C)C)C(=O)N12)C(=O)Nc1ccc(C)c(Cl)c1. The van der Waals surface area contributed by atoms with E-state index < -0.39 is 11.3 Å². The second kappa shape index (κ2) is 9.08. The molecule has 2 aliphatic rings. The number of thioether (sulfide) groups is 1. The normalized spacial score (nSPS) is 18.1. The standard InChI is InChI=1S/C24H25ClN4O2S/c1-5-19(22(30)26-15-11-10-14(4)17(25)12-15)32-24-27-18-9-7-6-8-16(18)21-28-20(13(2)3)23(31)29(21)24/h6-13,19-20H,5H2,1-4H3,(H,26,30)/t19-,20+/m0/s1. The van der Waals surface area contributed by atoms with Crippen LogP contribution in [0.5, 0.6) is 0 Å². The summed E-state index contributed by atoms with van der Waals surface area (Å²) in [6.07, 6.45) is 0.568. The van der Waals surface area contributed by atoms with Crippen molar-refractivity contribution in [2.75, 3.05) is 5.32 Å². The fourth-order valence-corrected chi connectivity index (χ4v) is 4.83. The third-order valence-corrected chi connectivity index (χ3v) is 7.20. The van der Waals surface area contributed by atoms with Gasteiger partial charge in [0.2, 0.25) is 5.91 Å². The molecule has 2 heterocycles. The Balaban J connectivity index is 1.62. The van der Waals surface area contributed by atoms with Gasteiger partial charge >= 0.3 is 0 Å². The molecule has 0 spiro atoms. The quantitative estimate of drug-likeness (QED) is 0.637. The predicted molar refractivity (Wildman–Crippen MR) is 132 cm³/mol. The summed E-state index contributed by atoms with van der Waals surface area (Å²) in [5.74, 6) is 0.416. The molecule has 0 bridgehead atoms. The average Bonchev–Trinajstić information content (AvgIpc) is 3.12. The Morgan fingerprint density at radius 2 is 2.00 bits per heavy atom. The van der Waals surface area contributed by atoms with Crippen molar-refractivity contribution >= 4 is 57.6 Å². The van der Waals surface area contributed by atoms with Gasteiger partial charge in [-0.05, 0) is 49.1 Å². The Bertz CT molecular complexity index is 1140. The highest BCUT2D eigenvalue weighted by molar-refractivity contribution is 8.15. The lowest BCUT2D eigenvalue weighted by atomic mass is 10.1. The van der Waals surface area contributed by atoms with Crippen LogP contribution in [0.3, 0.4) is 0 Å². The van der Waals surface area contributed by atoms with E-state index in [-0.39, 0.29) is 17.7 Å². The number of aliphatic imine (C=N–C) groups is 2. The van der Waals surface area contributed by atoms with Crippen molar-refractivity contribution in [3.63, 3.8) is 0 Å². The van der Waals surface area contributed by atoms with Crippen molar-refractivity contribution < 1.29 is 9.59 Å². The number of carbonyl (C=O) groups is 2. The first-order valence-electron chi connectivity index (χ1n) is 10.6. The van der Waals surface area contributed by atoms with E-state index in [2.05, 4.69) is 5.32 Å². The largest absolute Gasteiger partial charge is 0.325 e. The molecule has 0 aromatic heterocycles. The zero-order valence-electron chi connectivity index (χ0n) is 18.4. The van der Waals surface area contributed by atoms with E-state index in [1.54, 1.807) is 11.0 Å². The van der Waals surface area contributed by atoms with Crippen LogP contribution in [0.1, 0.15) is 38.3 Å². The van der Waals surface area contributed by atoms with Crippen LogP contribution in [0.4, 0.5) is 11.4 Å². The molecule has 2 atom stereocenters. The molecule has 0 unspecified atom stereocenters. The molecule has 0 saturated heterocycles. The lowest BCUT2D eigenvalue weighted by Gasteiger charge is -2.27. The van der Waals surface area contributed by atoms with E-state index in [1.165, 1.54) is 11.8 Å². The van der Waals surface area contributed by atoms with Gasteiger partial charge in [0.25, 0.3) is 5.91 Å². The van der Waals surface area contributed by atoms with E-state index >= 15 is 0 Å². The van der Waals surface area contributed by atoms with Gasteiger partial charge in [0.05, 0.1) is 10.9 Å². The monoisotopic (exact) mass is 468 g/mol. The van der Waals surface area contributed by atoms with Crippen LogP contribution in [-0.4, -0.2) is 39.0 Å². The van der Waals surface area contributed by atoms with Crippen LogP contribution in [0.15, 0.2) is 52.4 Å². The number of hydrogen-bond acceptors (Lipinski definition) is 5. The van der Waals surface area contributed by atoms with Gasteiger partial charge in [0.15, 0.2) is 5.17 Å². The number of carbonyl (C=O) groups excluding carboxylic acids is 2. The lowest BCUT2D eigenvalue weighted by Crippen LogP contribution is -2.43. The molecule has 2 aromatic rings. The molecule has 32 heavy (non-hydrogen) atoms. The first-order chi connectivity index (χ1) is 15.3. The molecule has 0 fully saturated rings. The van der Waals surface area contributed by atoms with Gasteiger partial charge in [0, 0.05) is 16.3 Å². The number of halogens is 1. The summed E-state index contributed by atoms with van der Waals surface area (Å²) < 4.78 is 0. The second-order valence-corrected chi connectivity index (χ2v) is 9.77. The van der Waals surface area contributed by atoms with Gasteiger partial charge in [-0.1, -0.05) is 62.3 Å². The van der Waals surface area contributed by atoms with Gasteiger partial charge in [-0.25, -0.2) is 9.89 Å². The number of rotatable bonds is 5. The molecule has 0 radical (unpaired) electrons. The van der Waals surface area contributed by atoms with Crippen LogP contribution in [0.25, 0.3) is 0 Å². The summed E-state index contributed by atoms with van der Waals surface area (Å²) >= 11 is 7.48. The number of anilines is 1. The number of fused-ring (bicyclic) bond motifs is 3. The maximum atomic E-state index is 13.2. The van der Waals surface area contributed by atoms with Crippen LogP contribution in [0.2, 0.25) is 5.02 Å². The minimum atomic E-state index is -0.453. The van der Waals surface area contributed by atoms with Crippen molar-refractivity contribution in [2.24, 2.45) is 15.9 Å². The number of nitrogens with one attached hydrogen (secondary N) is 1. The van der Waals surface area contributed by atoms with Crippen LogP contribution < -0.4 is 5.32 Å². The number of aryl methyl sites for hydroxylation is 1. The number of benzene rings is 2. The molecule has 8 heteroatoms. The second-order valence-electron chi connectivity index (χ2n) is 8.19. The van der Waals surface area contributed by atoms with Gasteiger partial charge in [-0.2, -0.15) is 0 Å². The van der Waals surface area contributed by atoms with E-state index in [0.717, 1.165) is 16.8 Å². The lowest BCUT2D eigenvalue weighted by molar-refractivity contribution is -0.125. The molecule has 2 amide bonds. The minimum Gasteiger partial charge on any atom is -0.325 e. The van der Waals surface area contributed by atoms with Crippen LogP contribution in [-0.2, 0) is 9.59 Å². The highest BCUT2D eigenvalue weighted by Crippen LogP contribution is 2.36. The maximum Gasteiger partial charge on any atom is 0.259 e. The van der Waals surface area contributed by atoms with Crippen molar-refractivity contribution in [1.82, 2.24) is 4.90 Å². The third-order valence-electron chi connectivity index (χ3n) is 5.48. The Labute approximate surface area is 197 Å². The summed E-state index contributed by atoms with van der Waals surface area (Å²) in [4.78, 5) is 37.3. The molecule has 2 aromatic carbocycles. The Morgan fingerprint density at radius 3 is 2.69 bits per heavy atom. The van der Waals surface area contributed by atoms with E-state index in [4.69, 9.17) is 21.6 Å². The Morgan fingerprint density at radius 1 is 1.25 bits per heavy atom. The summed E-state index contributed by atoms with van der Waals surface area (Å²) in [6, 6.07) is 12.6. The smallest absolute Gasteiger partial charge is 0.259 e. The molecule has 2 aliphatic heterocycles. The number of hydrogen-bond donors (Lipinski definition) is 1. The fourth-order valence-electron chi connectivity index (χ4n) is 3.63. The zero-order chi connectivity index (χ0) is 23.0. The van der Waals surface area contributed by atoms with E-state index in [0.29, 0.717) is 28.1 Å². The first kappa shape index (κ1) is 22.6. The van der Waals surface area contributed by atoms with E-state index in [1.807, 2.05) is 64.1 Å². The van der Waals surface area contributed by atoms with Gasteiger partial charge in [-0.15, -0.1) is 0 Å². The molecule has 0 saturated carbocycles. The number of nitrogens with zero attached hydrogens (tertiary/aromatic N) is 3.